The Morgan fingerprint density at radius 2 is 1.72 bits per heavy atom. The lowest BCUT2D eigenvalue weighted by Gasteiger charge is -2.32. The van der Waals surface area contributed by atoms with E-state index in [1.54, 1.807) is 4.68 Å². The maximum absolute atomic E-state index is 15.4. The first-order chi connectivity index (χ1) is 21.7. The molecule has 0 N–H and O–H groups in total. The molecule has 1 atom stereocenters. The number of allylic oxidation sites excluding steroid dienone is 1. The van der Waals surface area contributed by atoms with Crippen molar-refractivity contribution in [1.29, 1.82) is 0 Å². The van der Waals surface area contributed by atoms with Crippen LogP contribution in [-0.4, -0.2) is 52.9 Å². The van der Waals surface area contributed by atoms with Crippen LogP contribution in [0.5, 0.6) is 5.75 Å². The van der Waals surface area contributed by atoms with Gasteiger partial charge in [-0.25, -0.2) is 4.68 Å². The number of rotatable bonds is 10. The van der Waals surface area contributed by atoms with E-state index in [1.165, 1.54) is 0 Å². The van der Waals surface area contributed by atoms with Crippen LogP contribution in [0.3, 0.4) is 0 Å². The summed E-state index contributed by atoms with van der Waals surface area (Å²) in [5.74, 6) is -0.0633. The molecule has 2 aliphatic rings. The van der Waals surface area contributed by atoms with Crippen molar-refractivity contribution < 1.29 is 32.7 Å². The molecule has 1 unspecified atom stereocenters. The molecule has 5 rings (SSSR count). The molecule has 2 aromatic carbocycles. The van der Waals surface area contributed by atoms with E-state index >= 15 is 4.39 Å². The Bertz CT molecular complexity index is 1550. The van der Waals surface area contributed by atoms with E-state index < -0.39 is 29.9 Å². The normalized spacial score (nSPS) is 20.1. The molecule has 46 heavy (non-hydrogen) atoms. The summed E-state index contributed by atoms with van der Waals surface area (Å²) < 4.78 is 47.4. The molecule has 8 nitrogen and oxygen atoms in total. The number of benzene rings is 2. The molecule has 3 aromatic rings. The summed E-state index contributed by atoms with van der Waals surface area (Å²) in [5.41, 5.74) is 2.82. The Hall–Kier alpha value is -3.21. The van der Waals surface area contributed by atoms with Crippen molar-refractivity contribution in [2.75, 3.05) is 13.2 Å². The van der Waals surface area contributed by atoms with Crippen molar-refractivity contribution in [3.63, 3.8) is 0 Å². The van der Waals surface area contributed by atoms with Gasteiger partial charge in [0.25, 0.3) is 0 Å². The lowest BCUT2D eigenvalue weighted by atomic mass is 9.70. The van der Waals surface area contributed by atoms with E-state index in [2.05, 4.69) is 12.0 Å². The molecule has 2 aliphatic heterocycles. The van der Waals surface area contributed by atoms with E-state index in [9.17, 15) is 4.79 Å². The average Bonchev–Trinajstić information content (AvgIpc) is 3.44. The highest BCUT2D eigenvalue weighted by Gasteiger charge is 2.52. The third-order valence-electron chi connectivity index (χ3n) is 8.98. The minimum Gasteiger partial charge on any atom is -0.494 e. The minimum atomic E-state index is -0.576. The number of halogens is 1. The second kappa shape index (κ2) is 13.5. The molecule has 2 saturated heterocycles. The van der Waals surface area contributed by atoms with Crippen LogP contribution in [0.1, 0.15) is 111 Å². The molecule has 0 saturated carbocycles. The molecule has 0 aliphatic carbocycles. The monoisotopic (exact) mass is 634 g/mol. The van der Waals surface area contributed by atoms with Crippen LogP contribution >= 0.6 is 0 Å². The summed E-state index contributed by atoms with van der Waals surface area (Å²) >= 11 is 0. The highest BCUT2D eigenvalue weighted by atomic mass is 19.1. The average molecular weight is 635 g/mol. The third-order valence-corrected chi connectivity index (χ3v) is 8.98. The summed E-state index contributed by atoms with van der Waals surface area (Å²) in [7, 11) is -0.576. The Labute approximate surface area is 272 Å². The maximum Gasteiger partial charge on any atom is 0.491 e. The van der Waals surface area contributed by atoms with Gasteiger partial charge in [-0.05, 0) is 127 Å². The van der Waals surface area contributed by atoms with Gasteiger partial charge in [0.15, 0.2) is 6.23 Å². The maximum atomic E-state index is 15.4. The SMILES string of the molecule is CC/C(B1OC(C)(C)C(C)(C)O1)=C(/c1ccc(OCCCC(=O)OC(C)(C)C)cc1)c1ccc2c(c1)c(F)nn2C1CCCCO1. The van der Waals surface area contributed by atoms with Gasteiger partial charge in [-0.15, -0.1) is 5.10 Å². The summed E-state index contributed by atoms with van der Waals surface area (Å²) in [6, 6.07) is 13.6. The van der Waals surface area contributed by atoms with Gasteiger partial charge < -0.3 is 23.5 Å². The van der Waals surface area contributed by atoms with Crippen LogP contribution in [0.2, 0.25) is 0 Å². The molecule has 248 valence electrons. The van der Waals surface area contributed by atoms with E-state index in [0.717, 1.165) is 41.4 Å². The van der Waals surface area contributed by atoms with E-state index in [-0.39, 0.29) is 12.2 Å². The number of carbonyl (C=O) groups excluding carboxylic acids is 1. The van der Waals surface area contributed by atoms with Gasteiger partial charge in [-0.3, -0.25) is 4.79 Å². The molecule has 2 fully saturated rings. The number of esters is 1. The number of nitrogens with zero attached hydrogens (tertiary/aromatic N) is 2. The van der Waals surface area contributed by atoms with Crippen LogP contribution in [-0.2, 0) is 23.6 Å². The molecule has 0 bridgehead atoms. The van der Waals surface area contributed by atoms with E-state index in [4.69, 9.17) is 23.5 Å². The molecule has 0 radical (unpaired) electrons. The third kappa shape index (κ3) is 7.50. The number of aromatic nitrogens is 2. The standard InChI is InChI=1S/C36H48BFN2O6/c1-9-28(37-45-35(5,6)36(7,8)46-37)32(24-15-18-26(19-16-24)42-22-12-14-31(41)44-34(2,3)4)25-17-20-29-27(23-25)33(38)39-40(29)30-13-10-11-21-43-30/h15-20,23,30H,9-14,21-22H2,1-8H3/b32-28+. The zero-order valence-corrected chi connectivity index (χ0v) is 28.6. The smallest absolute Gasteiger partial charge is 0.491 e. The van der Waals surface area contributed by atoms with Gasteiger partial charge >= 0.3 is 13.1 Å². The number of hydrogen-bond donors (Lipinski definition) is 0. The molecular formula is C36H48BFN2O6. The number of ether oxygens (including phenoxy) is 3. The number of carbonyl (C=O) groups is 1. The summed E-state index contributed by atoms with van der Waals surface area (Å²) in [4.78, 5) is 12.1. The fraction of sp³-hybridized carbons (Fsp3) is 0.556. The van der Waals surface area contributed by atoms with Gasteiger partial charge in [-0.2, -0.15) is 4.39 Å². The van der Waals surface area contributed by atoms with Gasteiger partial charge in [0, 0.05) is 13.0 Å². The molecule has 3 heterocycles. The first-order valence-electron chi connectivity index (χ1n) is 16.5. The van der Waals surface area contributed by atoms with Crippen molar-refractivity contribution in [1.82, 2.24) is 9.78 Å². The van der Waals surface area contributed by atoms with Crippen molar-refractivity contribution >= 4 is 29.6 Å². The molecule has 0 amide bonds. The summed E-state index contributed by atoms with van der Waals surface area (Å²) in [5, 5.41) is 4.70. The Morgan fingerprint density at radius 1 is 1.04 bits per heavy atom. The van der Waals surface area contributed by atoms with Gasteiger partial charge in [-0.1, -0.05) is 25.1 Å². The zero-order chi connectivity index (χ0) is 33.3. The summed E-state index contributed by atoms with van der Waals surface area (Å²) in [6.45, 7) is 16.9. The Balaban J connectivity index is 1.46. The lowest BCUT2D eigenvalue weighted by Crippen LogP contribution is -2.41. The Morgan fingerprint density at radius 3 is 2.33 bits per heavy atom. The van der Waals surface area contributed by atoms with Gasteiger partial charge in [0.1, 0.15) is 11.4 Å². The van der Waals surface area contributed by atoms with Crippen molar-refractivity contribution in [2.45, 2.75) is 117 Å². The van der Waals surface area contributed by atoms with Crippen LogP contribution in [0.25, 0.3) is 16.5 Å². The first kappa shape index (κ1) is 34.1. The van der Waals surface area contributed by atoms with Crippen LogP contribution in [0.15, 0.2) is 47.9 Å². The largest absolute Gasteiger partial charge is 0.494 e. The van der Waals surface area contributed by atoms with E-state index in [1.807, 2.05) is 90.9 Å². The van der Waals surface area contributed by atoms with Crippen molar-refractivity contribution in [3.8, 4) is 5.75 Å². The molecule has 1 aromatic heterocycles. The predicted octanol–water partition coefficient (Wildman–Crippen LogP) is 8.22. The molecule has 10 heteroatoms. The first-order valence-corrected chi connectivity index (χ1v) is 16.5. The quantitative estimate of drug-likeness (QED) is 0.126. The fourth-order valence-electron chi connectivity index (χ4n) is 5.90. The van der Waals surface area contributed by atoms with Crippen molar-refractivity contribution in [3.05, 3.63) is 65.0 Å². The van der Waals surface area contributed by atoms with Gasteiger partial charge in [0.2, 0.25) is 5.95 Å². The highest BCUT2D eigenvalue weighted by Crippen LogP contribution is 2.42. The zero-order valence-electron chi connectivity index (χ0n) is 28.6. The Kier molecular flexibility index (Phi) is 10.0. The minimum absolute atomic E-state index is 0.235. The van der Waals surface area contributed by atoms with Crippen molar-refractivity contribution in [2.24, 2.45) is 0 Å². The van der Waals surface area contributed by atoms with Crippen LogP contribution in [0.4, 0.5) is 4.39 Å². The van der Waals surface area contributed by atoms with Crippen LogP contribution in [0, 0.1) is 5.95 Å². The predicted molar refractivity (Wildman–Crippen MR) is 178 cm³/mol. The number of fused-ring (bicyclic) bond motifs is 1. The highest BCUT2D eigenvalue weighted by molar-refractivity contribution is 6.56. The lowest BCUT2D eigenvalue weighted by molar-refractivity contribution is -0.155. The fourth-order valence-corrected chi connectivity index (χ4v) is 5.90. The topological polar surface area (TPSA) is 81.0 Å². The van der Waals surface area contributed by atoms with E-state index in [0.29, 0.717) is 49.1 Å². The van der Waals surface area contributed by atoms with Gasteiger partial charge in [0.05, 0.1) is 28.7 Å². The molecular weight excluding hydrogens is 586 g/mol. The van der Waals surface area contributed by atoms with Crippen LogP contribution < -0.4 is 4.74 Å². The summed E-state index contributed by atoms with van der Waals surface area (Å²) in [6.07, 6.45) is 4.06. The number of hydrogen-bond acceptors (Lipinski definition) is 7. The second-order valence-electron chi connectivity index (χ2n) is 14.2. The molecule has 0 spiro atoms. The second-order valence-corrected chi connectivity index (χ2v) is 14.2.